The predicted octanol–water partition coefficient (Wildman–Crippen LogP) is 2.12. The van der Waals surface area contributed by atoms with Crippen LogP contribution in [0.3, 0.4) is 0 Å². The van der Waals surface area contributed by atoms with E-state index >= 15 is 0 Å². The van der Waals surface area contributed by atoms with Crippen LogP contribution in [0.2, 0.25) is 0 Å². The Labute approximate surface area is 198 Å². The summed E-state index contributed by atoms with van der Waals surface area (Å²) in [6.07, 6.45) is 4.84. The van der Waals surface area contributed by atoms with Crippen LogP contribution in [0.4, 0.5) is 11.4 Å². The molecule has 4 unspecified atom stereocenters. The molecular formula is C24H18N4O7. The zero-order valence-corrected chi connectivity index (χ0v) is 18.3. The molecule has 2 amide bonds. The van der Waals surface area contributed by atoms with E-state index in [0.717, 1.165) is 11.0 Å². The summed E-state index contributed by atoms with van der Waals surface area (Å²) in [4.78, 5) is 63.3. The quantitative estimate of drug-likeness (QED) is 0.160. The Hall–Kier alpha value is -4.67. The fraction of sp³-hybridized carbons (Fsp3) is 0.208. The van der Waals surface area contributed by atoms with Crippen molar-refractivity contribution in [2.75, 3.05) is 4.90 Å². The van der Waals surface area contributed by atoms with Crippen LogP contribution >= 0.6 is 0 Å². The number of ketones is 1. The first-order chi connectivity index (χ1) is 16.8. The molecule has 0 N–H and O–H groups in total. The summed E-state index contributed by atoms with van der Waals surface area (Å²) in [5.41, 5.74) is 0.0731. The average molecular weight is 474 g/mol. The van der Waals surface area contributed by atoms with E-state index in [2.05, 4.69) is 5.10 Å². The maximum atomic E-state index is 13.6. The summed E-state index contributed by atoms with van der Waals surface area (Å²) >= 11 is 0. The zero-order chi connectivity index (χ0) is 24.9. The lowest BCUT2D eigenvalue weighted by atomic mass is 9.86. The first kappa shape index (κ1) is 22.1. The molecule has 2 aromatic rings. The van der Waals surface area contributed by atoms with Gasteiger partial charge in [-0.05, 0) is 36.4 Å². The molecule has 11 nitrogen and oxygen atoms in total. The van der Waals surface area contributed by atoms with Crippen LogP contribution in [0.15, 0.2) is 65.8 Å². The van der Waals surface area contributed by atoms with Crippen LogP contribution in [0.5, 0.6) is 5.75 Å². The number of amides is 2. The fourth-order valence-electron chi connectivity index (χ4n) is 4.86. The number of ether oxygens (including phenoxy) is 1. The van der Waals surface area contributed by atoms with E-state index in [-0.39, 0.29) is 22.7 Å². The lowest BCUT2D eigenvalue weighted by molar-refractivity contribution is -0.384. The highest BCUT2D eigenvalue weighted by molar-refractivity contribution is 6.24. The molecule has 0 bridgehead atoms. The number of hydrazone groups is 1. The third kappa shape index (κ3) is 3.57. The summed E-state index contributed by atoms with van der Waals surface area (Å²) in [7, 11) is 0. The number of nitro benzene ring substituents is 1. The molecule has 3 heterocycles. The van der Waals surface area contributed by atoms with Crippen LogP contribution < -0.4 is 9.64 Å². The third-order valence-corrected chi connectivity index (χ3v) is 6.26. The van der Waals surface area contributed by atoms with Gasteiger partial charge < -0.3 is 4.74 Å². The van der Waals surface area contributed by atoms with E-state index in [0.29, 0.717) is 0 Å². The van der Waals surface area contributed by atoms with Crippen molar-refractivity contribution in [3.8, 4) is 5.75 Å². The van der Waals surface area contributed by atoms with Gasteiger partial charge in [0.25, 0.3) is 5.69 Å². The van der Waals surface area contributed by atoms with Gasteiger partial charge in [-0.25, -0.2) is 4.90 Å². The molecule has 0 spiro atoms. The first-order valence-corrected chi connectivity index (χ1v) is 10.7. The van der Waals surface area contributed by atoms with Crippen LogP contribution in [0, 0.1) is 22.0 Å². The lowest BCUT2D eigenvalue weighted by Crippen LogP contribution is -2.46. The zero-order valence-electron chi connectivity index (χ0n) is 18.3. The number of esters is 1. The summed E-state index contributed by atoms with van der Waals surface area (Å²) in [5.74, 6) is -3.75. The van der Waals surface area contributed by atoms with Gasteiger partial charge in [-0.3, -0.25) is 34.3 Å². The molecule has 11 heteroatoms. The molecular weight excluding hydrogens is 456 g/mol. The molecule has 4 atom stereocenters. The Morgan fingerprint density at radius 3 is 2.46 bits per heavy atom. The predicted molar refractivity (Wildman–Crippen MR) is 122 cm³/mol. The summed E-state index contributed by atoms with van der Waals surface area (Å²) < 4.78 is 5.00. The van der Waals surface area contributed by atoms with Gasteiger partial charge >= 0.3 is 5.97 Å². The summed E-state index contributed by atoms with van der Waals surface area (Å²) in [6.45, 7) is 1.26. The molecule has 2 aromatic carbocycles. The number of benzene rings is 2. The second kappa shape index (κ2) is 8.28. The molecule has 0 aromatic heterocycles. The second-order valence-corrected chi connectivity index (χ2v) is 8.29. The minimum absolute atomic E-state index is 0.0790. The van der Waals surface area contributed by atoms with Crippen molar-refractivity contribution in [2.45, 2.75) is 19.0 Å². The van der Waals surface area contributed by atoms with Crippen LogP contribution in [-0.4, -0.2) is 51.8 Å². The standard InChI is InChI=1S/C24H18N4O7/c1-13(29)35-17-9-7-14(8-10-17)22(30)21-20-19(18-6-3-11-25-27(18)21)23(31)26(24(20)32)15-4-2-5-16(12-15)28(33)34/h2-12,18-21H,1H3. The first-order valence-electron chi connectivity index (χ1n) is 10.7. The van der Waals surface area contributed by atoms with Crippen molar-refractivity contribution in [1.29, 1.82) is 0 Å². The highest BCUT2D eigenvalue weighted by atomic mass is 16.6. The highest BCUT2D eigenvalue weighted by Gasteiger charge is 2.64. The largest absolute Gasteiger partial charge is 0.427 e. The Morgan fingerprint density at radius 2 is 1.77 bits per heavy atom. The van der Waals surface area contributed by atoms with Crippen LogP contribution in [0.25, 0.3) is 0 Å². The molecule has 3 aliphatic heterocycles. The summed E-state index contributed by atoms with van der Waals surface area (Å²) in [5, 5.41) is 17.0. The van der Waals surface area contributed by atoms with Gasteiger partial charge in [0.05, 0.1) is 28.5 Å². The average Bonchev–Trinajstić information content (AvgIpc) is 3.31. The fourth-order valence-corrected chi connectivity index (χ4v) is 4.86. The molecule has 35 heavy (non-hydrogen) atoms. The smallest absolute Gasteiger partial charge is 0.308 e. The molecule has 0 radical (unpaired) electrons. The van der Waals surface area contributed by atoms with Crippen molar-refractivity contribution in [1.82, 2.24) is 5.01 Å². The second-order valence-electron chi connectivity index (χ2n) is 8.29. The molecule has 176 valence electrons. The van der Waals surface area contributed by atoms with E-state index in [9.17, 15) is 29.3 Å². The van der Waals surface area contributed by atoms with Crippen molar-refractivity contribution in [3.05, 3.63) is 76.4 Å². The van der Waals surface area contributed by atoms with E-state index in [4.69, 9.17) is 4.74 Å². The Kier molecular flexibility index (Phi) is 5.24. The number of hydrogen-bond donors (Lipinski definition) is 0. The minimum Gasteiger partial charge on any atom is -0.427 e. The maximum absolute atomic E-state index is 13.6. The number of imide groups is 1. The molecule has 5 rings (SSSR count). The molecule has 0 saturated carbocycles. The molecule has 2 fully saturated rings. The van der Waals surface area contributed by atoms with Gasteiger partial charge in [0.2, 0.25) is 11.8 Å². The SMILES string of the molecule is CC(=O)Oc1ccc(C(=O)C2C3C(=O)N(c4cccc([N+](=O)[O-])c4)C(=O)C3C3C=CC=NN32)cc1. The van der Waals surface area contributed by atoms with Gasteiger partial charge in [0.15, 0.2) is 5.78 Å². The number of rotatable bonds is 5. The molecule has 0 aliphatic carbocycles. The number of hydrogen-bond acceptors (Lipinski definition) is 9. The number of carbonyl (C=O) groups excluding carboxylic acids is 4. The van der Waals surface area contributed by atoms with Gasteiger partial charge in [0.1, 0.15) is 11.8 Å². The topological polar surface area (TPSA) is 139 Å². The van der Waals surface area contributed by atoms with Crippen molar-refractivity contribution < 1.29 is 28.8 Å². The Bertz CT molecular complexity index is 1330. The lowest BCUT2D eigenvalue weighted by Gasteiger charge is -2.30. The van der Waals surface area contributed by atoms with Crippen LogP contribution in [0.1, 0.15) is 17.3 Å². The van der Waals surface area contributed by atoms with Crippen molar-refractivity contribution in [3.63, 3.8) is 0 Å². The maximum Gasteiger partial charge on any atom is 0.308 e. The van der Waals surface area contributed by atoms with E-state index < -0.39 is 52.4 Å². The van der Waals surface area contributed by atoms with E-state index in [1.807, 2.05) is 0 Å². The number of anilines is 1. The van der Waals surface area contributed by atoms with Crippen LogP contribution in [-0.2, 0) is 14.4 Å². The highest BCUT2D eigenvalue weighted by Crippen LogP contribution is 2.46. The monoisotopic (exact) mass is 474 g/mol. The number of allylic oxidation sites excluding steroid dienone is 1. The number of Topliss-reactive ketones (excluding diaryl/α,β-unsaturated/α-hetero) is 1. The number of non-ortho nitro benzene ring substituents is 1. The number of carbonyl (C=O) groups is 4. The Morgan fingerprint density at radius 1 is 1.06 bits per heavy atom. The number of nitro groups is 1. The van der Waals surface area contributed by atoms with E-state index in [1.54, 1.807) is 12.2 Å². The van der Waals surface area contributed by atoms with Gasteiger partial charge in [0, 0.05) is 30.8 Å². The number of nitrogens with zero attached hydrogens (tertiary/aromatic N) is 4. The molecule has 2 saturated heterocycles. The normalized spacial score (nSPS) is 24.4. The third-order valence-electron chi connectivity index (χ3n) is 6.26. The molecule has 3 aliphatic rings. The summed E-state index contributed by atoms with van der Waals surface area (Å²) in [6, 6.07) is 9.47. The number of fused-ring (bicyclic) bond motifs is 3. The van der Waals surface area contributed by atoms with E-state index in [1.165, 1.54) is 60.6 Å². The van der Waals surface area contributed by atoms with Gasteiger partial charge in [-0.1, -0.05) is 12.1 Å². The van der Waals surface area contributed by atoms with Gasteiger partial charge in [-0.15, -0.1) is 0 Å². The van der Waals surface area contributed by atoms with Gasteiger partial charge in [-0.2, -0.15) is 5.10 Å². The Balaban J connectivity index is 1.52. The van der Waals surface area contributed by atoms with Crippen molar-refractivity contribution >= 4 is 41.2 Å². The van der Waals surface area contributed by atoms with Crippen molar-refractivity contribution in [2.24, 2.45) is 16.9 Å². The minimum atomic E-state index is -1.06.